The van der Waals surface area contributed by atoms with Gasteiger partial charge in [0.25, 0.3) is 0 Å². The molecular formula is C9H10N4S. The van der Waals surface area contributed by atoms with Crippen LogP contribution in [0.1, 0.15) is 12.2 Å². The molecule has 0 spiro atoms. The predicted octanol–water partition coefficient (Wildman–Crippen LogP) is 1.54. The molecule has 1 aliphatic heterocycles. The quantitative estimate of drug-likeness (QED) is 0.770. The number of nitrogens with zero attached hydrogens (tertiary/aromatic N) is 3. The van der Waals surface area contributed by atoms with E-state index in [2.05, 4.69) is 14.8 Å². The van der Waals surface area contributed by atoms with Crippen LogP contribution in [0.2, 0.25) is 0 Å². The molecule has 1 aliphatic rings. The van der Waals surface area contributed by atoms with Crippen molar-refractivity contribution in [2.45, 2.75) is 19.4 Å². The average molecular weight is 206 g/mol. The molecule has 2 aromatic rings. The smallest absolute Gasteiger partial charge is 0.174 e. The molecule has 0 saturated heterocycles. The van der Waals surface area contributed by atoms with Crippen molar-refractivity contribution in [3.8, 4) is 10.7 Å². The van der Waals surface area contributed by atoms with E-state index in [9.17, 15) is 0 Å². The highest BCUT2D eigenvalue weighted by molar-refractivity contribution is 7.19. The summed E-state index contributed by atoms with van der Waals surface area (Å²) in [6.45, 7) is 1.04. The molecule has 0 amide bonds. The molecule has 14 heavy (non-hydrogen) atoms. The van der Waals surface area contributed by atoms with E-state index >= 15 is 0 Å². The Labute approximate surface area is 85.4 Å². The molecule has 0 aliphatic carbocycles. The number of aromatic nitrogens is 3. The minimum Gasteiger partial charge on any atom is -0.391 e. The van der Waals surface area contributed by atoms with Crippen LogP contribution in [0, 0.1) is 0 Å². The number of nitrogens with two attached hydrogens (primary N) is 1. The van der Waals surface area contributed by atoms with Gasteiger partial charge in [-0.15, -0.1) is 21.5 Å². The molecule has 2 N–H and O–H groups in total. The van der Waals surface area contributed by atoms with Crippen molar-refractivity contribution in [1.82, 2.24) is 14.8 Å². The highest BCUT2D eigenvalue weighted by atomic mass is 32.1. The van der Waals surface area contributed by atoms with Crippen LogP contribution in [-0.2, 0) is 13.0 Å². The normalized spacial score (nSPS) is 14.6. The fourth-order valence-corrected chi connectivity index (χ4v) is 2.57. The summed E-state index contributed by atoms with van der Waals surface area (Å²) in [6.07, 6.45) is 2.23. The number of fused-ring (bicyclic) bond motifs is 1. The van der Waals surface area contributed by atoms with Gasteiger partial charge in [-0.05, 0) is 18.6 Å². The van der Waals surface area contributed by atoms with Gasteiger partial charge in [-0.1, -0.05) is 0 Å². The third-order valence-electron chi connectivity index (χ3n) is 2.46. The summed E-state index contributed by atoms with van der Waals surface area (Å²) >= 11 is 1.57. The third-order valence-corrected chi connectivity index (χ3v) is 3.37. The van der Waals surface area contributed by atoms with Crippen LogP contribution in [-0.4, -0.2) is 14.8 Å². The molecule has 3 heterocycles. The number of hydrogen-bond acceptors (Lipinski definition) is 4. The Morgan fingerprint density at radius 3 is 3.07 bits per heavy atom. The summed E-state index contributed by atoms with van der Waals surface area (Å²) in [7, 11) is 0. The maximum Gasteiger partial charge on any atom is 0.174 e. The monoisotopic (exact) mass is 206 g/mol. The highest BCUT2D eigenvalue weighted by Gasteiger charge is 2.18. The van der Waals surface area contributed by atoms with Gasteiger partial charge in [0.05, 0.1) is 9.88 Å². The van der Waals surface area contributed by atoms with Crippen LogP contribution in [0.3, 0.4) is 0 Å². The second kappa shape index (κ2) is 2.81. The van der Waals surface area contributed by atoms with Crippen molar-refractivity contribution >= 4 is 16.3 Å². The van der Waals surface area contributed by atoms with Crippen molar-refractivity contribution in [2.24, 2.45) is 0 Å². The third kappa shape index (κ3) is 1.05. The summed E-state index contributed by atoms with van der Waals surface area (Å²) in [6, 6.07) is 3.92. The van der Waals surface area contributed by atoms with Crippen LogP contribution in [0.15, 0.2) is 12.1 Å². The number of aryl methyl sites for hydroxylation is 1. The molecule has 0 bridgehead atoms. The van der Waals surface area contributed by atoms with Crippen LogP contribution in [0.4, 0.5) is 5.00 Å². The minimum absolute atomic E-state index is 0.829. The largest absolute Gasteiger partial charge is 0.391 e. The van der Waals surface area contributed by atoms with E-state index in [1.54, 1.807) is 11.3 Å². The van der Waals surface area contributed by atoms with Crippen molar-refractivity contribution in [2.75, 3.05) is 5.73 Å². The molecule has 0 fully saturated rings. The highest BCUT2D eigenvalue weighted by Crippen LogP contribution is 2.30. The van der Waals surface area contributed by atoms with Gasteiger partial charge in [-0.3, -0.25) is 0 Å². The Morgan fingerprint density at radius 1 is 1.36 bits per heavy atom. The standard InChI is InChI=1S/C9H10N4S/c10-7-4-3-6(14-7)9-12-11-8-2-1-5-13(8)9/h3-4H,1-2,5,10H2. The number of rotatable bonds is 1. The number of hydrogen-bond donors (Lipinski definition) is 1. The average Bonchev–Trinajstić information content (AvgIpc) is 2.77. The fraction of sp³-hybridized carbons (Fsp3) is 0.333. The van der Waals surface area contributed by atoms with Crippen LogP contribution in [0.25, 0.3) is 10.7 Å². The Balaban J connectivity index is 2.12. The maximum atomic E-state index is 5.69. The first-order valence-electron chi connectivity index (χ1n) is 4.62. The van der Waals surface area contributed by atoms with E-state index in [1.807, 2.05) is 12.1 Å². The molecule has 72 valence electrons. The number of anilines is 1. The van der Waals surface area contributed by atoms with Gasteiger partial charge in [0.1, 0.15) is 5.82 Å². The van der Waals surface area contributed by atoms with Crippen molar-refractivity contribution in [3.63, 3.8) is 0 Å². The van der Waals surface area contributed by atoms with Crippen LogP contribution in [0.5, 0.6) is 0 Å². The molecule has 5 heteroatoms. The lowest BCUT2D eigenvalue weighted by Crippen LogP contribution is -1.94. The van der Waals surface area contributed by atoms with E-state index < -0.39 is 0 Å². The van der Waals surface area contributed by atoms with Gasteiger partial charge < -0.3 is 10.3 Å². The summed E-state index contributed by atoms with van der Waals surface area (Å²) < 4.78 is 2.19. The molecule has 0 aromatic carbocycles. The van der Waals surface area contributed by atoms with Crippen molar-refractivity contribution in [3.05, 3.63) is 18.0 Å². The van der Waals surface area contributed by atoms with E-state index in [-0.39, 0.29) is 0 Å². The molecular weight excluding hydrogens is 196 g/mol. The molecule has 4 nitrogen and oxygen atoms in total. The SMILES string of the molecule is Nc1ccc(-c2nnc3n2CCC3)s1. The Bertz CT molecular complexity index is 471. The van der Waals surface area contributed by atoms with Gasteiger partial charge in [0.15, 0.2) is 5.82 Å². The lowest BCUT2D eigenvalue weighted by molar-refractivity contribution is 0.750. The zero-order valence-corrected chi connectivity index (χ0v) is 8.42. The van der Waals surface area contributed by atoms with Crippen molar-refractivity contribution in [1.29, 1.82) is 0 Å². The zero-order chi connectivity index (χ0) is 9.54. The van der Waals surface area contributed by atoms with Gasteiger partial charge in [0, 0.05) is 13.0 Å². The lowest BCUT2D eigenvalue weighted by Gasteiger charge is -1.98. The second-order valence-electron chi connectivity index (χ2n) is 3.40. The van der Waals surface area contributed by atoms with E-state index in [4.69, 9.17) is 5.73 Å². The Kier molecular flexibility index (Phi) is 1.61. The summed E-state index contributed by atoms with van der Waals surface area (Å²) in [5.74, 6) is 2.08. The van der Waals surface area contributed by atoms with Crippen LogP contribution < -0.4 is 5.73 Å². The summed E-state index contributed by atoms with van der Waals surface area (Å²) in [4.78, 5) is 1.11. The first-order valence-corrected chi connectivity index (χ1v) is 5.44. The van der Waals surface area contributed by atoms with Gasteiger partial charge >= 0.3 is 0 Å². The predicted molar refractivity (Wildman–Crippen MR) is 56.1 cm³/mol. The summed E-state index contributed by atoms with van der Waals surface area (Å²) in [5.41, 5.74) is 5.69. The van der Waals surface area contributed by atoms with Crippen molar-refractivity contribution < 1.29 is 0 Å². The van der Waals surface area contributed by atoms with Gasteiger partial charge in [-0.2, -0.15) is 0 Å². The Morgan fingerprint density at radius 2 is 2.29 bits per heavy atom. The molecule has 0 atom stereocenters. The van der Waals surface area contributed by atoms with Gasteiger partial charge in [-0.25, -0.2) is 0 Å². The minimum atomic E-state index is 0.829. The molecule has 0 radical (unpaired) electrons. The number of nitrogen functional groups attached to an aromatic ring is 1. The Hall–Kier alpha value is -1.36. The molecule has 2 aromatic heterocycles. The van der Waals surface area contributed by atoms with Gasteiger partial charge in [0.2, 0.25) is 0 Å². The molecule has 0 unspecified atom stereocenters. The topological polar surface area (TPSA) is 56.7 Å². The first kappa shape index (κ1) is 7.99. The van der Waals surface area contributed by atoms with Crippen LogP contribution >= 0.6 is 11.3 Å². The fourth-order valence-electron chi connectivity index (χ4n) is 1.81. The van der Waals surface area contributed by atoms with E-state index in [0.29, 0.717) is 0 Å². The van der Waals surface area contributed by atoms with E-state index in [0.717, 1.165) is 34.5 Å². The van der Waals surface area contributed by atoms with E-state index in [1.165, 1.54) is 6.42 Å². The summed E-state index contributed by atoms with van der Waals surface area (Å²) in [5, 5.41) is 9.18. The maximum absolute atomic E-state index is 5.69. The first-order chi connectivity index (χ1) is 6.84. The second-order valence-corrected chi connectivity index (χ2v) is 4.51. The molecule has 3 rings (SSSR count). The lowest BCUT2D eigenvalue weighted by atomic mass is 10.4. The zero-order valence-electron chi connectivity index (χ0n) is 7.60. The number of thiophene rings is 1. The molecule has 0 saturated carbocycles.